The maximum atomic E-state index is 11.5. The third-order valence-corrected chi connectivity index (χ3v) is 3.37. The first-order valence-corrected chi connectivity index (χ1v) is 6.98. The van der Waals surface area contributed by atoms with Gasteiger partial charge in [-0.1, -0.05) is 0 Å². The van der Waals surface area contributed by atoms with E-state index in [4.69, 9.17) is 0 Å². The first kappa shape index (κ1) is 15.3. The van der Waals surface area contributed by atoms with Gasteiger partial charge in [-0.2, -0.15) is 0 Å². The number of hydrogen-bond donors (Lipinski definition) is 3. The second kappa shape index (κ2) is 6.28. The quantitative estimate of drug-likeness (QED) is 0.352. The van der Waals surface area contributed by atoms with Crippen LogP contribution in [0.25, 0.3) is 11.0 Å². The summed E-state index contributed by atoms with van der Waals surface area (Å²) in [5.41, 5.74) is -0.718. The van der Waals surface area contributed by atoms with E-state index in [0.29, 0.717) is 29.9 Å². The van der Waals surface area contributed by atoms with Crippen molar-refractivity contribution >= 4 is 22.5 Å². The molecule has 0 unspecified atom stereocenters. The van der Waals surface area contributed by atoms with Crippen molar-refractivity contribution in [3.63, 3.8) is 0 Å². The van der Waals surface area contributed by atoms with E-state index < -0.39 is 16.0 Å². The summed E-state index contributed by atoms with van der Waals surface area (Å²) in [6.45, 7) is 0.413. The lowest BCUT2D eigenvalue weighted by Crippen LogP contribution is -2.29. The van der Waals surface area contributed by atoms with E-state index >= 15 is 0 Å². The maximum Gasteiger partial charge on any atom is 0.314 e. The van der Waals surface area contributed by atoms with Crippen molar-refractivity contribution in [1.29, 1.82) is 0 Å². The molecule has 3 aromatic rings. The lowest BCUT2D eigenvalue weighted by atomic mass is 10.1. The normalized spacial score (nSPS) is 10.7. The molecule has 2 heterocycles. The highest BCUT2D eigenvalue weighted by molar-refractivity contribution is 5.80. The van der Waals surface area contributed by atoms with E-state index in [2.05, 4.69) is 25.3 Å². The van der Waals surface area contributed by atoms with Crippen molar-refractivity contribution < 1.29 is 4.92 Å². The molecule has 1 aromatic carbocycles. The third kappa shape index (κ3) is 3.11. The van der Waals surface area contributed by atoms with Crippen LogP contribution in [-0.4, -0.2) is 31.4 Å². The van der Waals surface area contributed by atoms with Gasteiger partial charge in [0.2, 0.25) is 0 Å². The molecule has 0 saturated heterocycles. The summed E-state index contributed by atoms with van der Waals surface area (Å²) in [5.74, 6) is 0.564. The van der Waals surface area contributed by atoms with Crippen LogP contribution in [0.1, 0.15) is 5.56 Å². The molecule has 0 radical (unpaired) electrons. The molecule has 0 aliphatic carbocycles. The highest BCUT2D eigenvalue weighted by Gasteiger charge is 2.13. The Morgan fingerprint density at radius 1 is 1.17 bits per heavy atom. The van der Waals surface area contributed by atoms with Crippen LogP contribution >= 0.6 is 0 Å². The number of nitrogens with zero attached hydrogens (tertiary/aromatic N) is 3. The van der Waals surface area contributed by atoms with Crippen LogP contribution in [0.4, 0.5) is 11.5 Å². The maximum absolute atomic E-state index is 11.5. The topological polar surface area (TPSA) is 147 Å². The molecular formula is C14H12N6O4. The molecule has 2 aromatic heterocycles. The summed E-state index contributed by atoms with van der Waals surface area (Å²) < 4.78 is 0. The number of non-ortho nitro benzene ring substituents is 1. The van der Waals surface area contributed by atoms with Gasteiger partial charge in [0.15, 0.2) is 0 Å². The van der Waals surface area contributed by atoms with Crippen molar-refractivity contribution in [2.24, 2.45) is 0 Å². The van der Waals surface area contributed by atoms with E-state index in [1.165, 1.54) is 18.3 Å². The summed E-state index contributed by atoms with van der Waals surface area (Å²) in [4.78, 5) is 46.3. The molecule has 122 valence electrons. The number of anilines is 1. The highest BCUT2D eigenvalue weighted by atomic mass is 16.6. The molecule has 10 heteroatoms. The van der Waals surface area contributed by atoms with Crippen LogP contribution in [0.3, 0.4) is 0 Å². The van der Waals surface area contributed by atoms with Gasteiger partial charge in [-0.3, -0.25) is 24.7 Å². The van der Waals surface area contributed by atoms with Crippen LogP contribution in [-0.2, 0) is 6.42 Å². The standard InChI is InChI=1S/C14H12N6O4/c21-13-14(22)19-12-8(1-2-16-11-7-15-3-4-17-11)5-9(20(23)24)6-10(12)18-13/h3-7H,1-2H2,(H,16,17)(H,18,21)(H,19,22). The molecule has 0 fully saturated rings. The van der Waals surface area contributed by atoms with Crippen LogP contribution in [0.2, 0.25) is 0 Å². The minimum absolute atomic E-state index is 0.167. The van der Waals surface area contributed by atoms with Gasteiger partial charge in [-0.15, -0.1) is 0 Å². The molecule has 0 aliphatic rings. The number of fused-ring (bicyclic) bond motifs is 1. The predicted molar refractivity (Wildman–Crippen MR) is 86.1 cm³/mol. The molecule has 0 saturated carbocycles. The first-order chi connectivity index (χ1) is 11.5. The molecule has 24 heavy (non-hydrogen) atoms. The van der Waals surface area contributed by atoms with Crippen molar-refractivity contribution in [1.82, 2.24) is 19.9 Å². The van der Waals surface area contributed by atoms with Gasteiger partial charge in [-0.25, -0.2) is 4.98 Å². The fourth-order valence-electron chi connectivity index (χ4n) is 2.30. The van der Waals surface area contributed by atoms with E-state index in [9.17, 15) is 19.7 Å². The summed E-state index contributed by atoms with van der Waals surface area (Å²) >= 11 is 0. The largest absolute Gasteiger partial charge is 0.368 e. The number of aromatic nitrogens is 4. The van der Waals surface area contributed by atoms with Crippen LogP contribution in [0.5, 0.6) is 0 Å². The van der Waals surface area contributed by atoms with Crippen LogP contribution in [0, 0.1) is 10.1 Å². The number of benzene rings is 1. The van der Waals surface area contributed by atoms with Gasteiger partial charge in [0.25, 0.3) is 5.69 Å². The Hall–Kier alpha value is -3.56. The summed E-state index contributed by atoms with van der Waals surface area (Å²) in [7, 11) is 0. The minimum Gasteiger partial charge on any atom is -0.368 e. The number of aromatic amines is 2. The Morgan fingerprint density at radius 2 is 1.96 bits per heavy atom. The smallest absolute Gasteiger partial charge is 0.314 e. The zero-order valence-corrected chi connectivity index (χ0v) is 12.3. The molecule has 0 amide bonds. The Labute approximate surface area is 133 Å². The summed E-state index contributed by atoms with van der Waals surface area (Å²) in [6, 6.07) is 2.58. The number of H-pyrrole nitrogens is 2. The minimum atomic E-state index is -0.855. The number of nitrogens with one attached hydrogen (secondary N) is 3. The second-order valence-electron chi connectivity index (χ2n) is 4.96. The third-order valence-electron chi connectivity index (χ3n) is 3.37. The highest BCUT2D eigenvalue weighted by Crippen LogP contribution is 2.21. The van der Waals surface area contributed by atoms with Gasteiger partial charge in [0.05, 0.1) is 22.2 Å². The van der Waals surface area contributed by atoms with E-state index in [1.807, 2.05) is 0 Å². The Kier molecular flexibility index (Phi) is 4.01. The predicted octanol–water partition coefficient (Wildman–Crippen LogP) is 0.569. The van der Waals surface area contributed by atoms with Gasteiger partial charge in [-0.05, 0) is 12.0 Å². The van der Waals surface area contributed by atoms with Crippen molar-refractivity contribution in [3.05, 3.63) is 67.1 Å². The second-order valence-corrected chi connectivity index (χ2v) is 4.96. The van der Waals surface area contributed by atoms with Crippen molar-refractivity contribution in [2.45, 2.75) is 6.42 Å². The van der Waals surface area contributed by atoms with Gasteiger partial charge in [0, 0.05) is 31.1 Å². The van der Waals surface area contributed by atoms with Crippen molar-refractivity contribution in [3.8, 4) is 0 Å². The van der Waals surface area contributed by atoms with E-state index in [1.54, 1.807) is 12.4 Å². The molecule has 3 N–H and O–H groups in total. The Bertz CT molecular complexity index is 1010. The Balaban J connectivity index is 1.95. The number of rotatable bonds is 5. The fourth-order valence-corrected chi connectivity index (χ4v) is 2.30. The lowest BCUT2D eigenvalue weighted by Gasteiger charge is -2.08. The molecule has 3 rings (SSSR count). The lowest BCUT2D eigenvalue weighted by molar-refractivity contribution is -0.384. The monoisotopic (exact) mass is 328 g/mol. The van der Waals surface area contributed by atoms with E-state index in [0.717, 1.165) is 0 Å². The summed E-state index contributed by atoms with van der Waals surface area (Å²) in [6.07, 6.45) is 5.00. The average Bonchev–Trinajstić information content (AvgIpc) is 2.57. The first-order valence-electron chi connectivity index (χ1n) is 6.98. The van der Waals surface area contributed by atoms with Gasteiger partial charge in [0.1, 0.15) is 5.82 Å². The van der Waals surface area contributed by atoms with Crippen molar-refractivity contribution in [2.75, 3.05) is 11.9 Å². The molecule has 0 bridgehead atoms. The molecule has 0 aliphatic heterocycles. The van der Waals surface area contributed by atoms with E-state index in [-0.39, 0.29) is 11.2 Å². The fraction of sp³-hybridized carbons (Fsp3) is 0.143. The molecule has 0 atom stereocenters. The molecular weight excluding hydrogens is 316 g/mol. The van der Waals surface area contributed by atoms with Crippen LogP contribution in [0.15, 0.2) is 40.3 Å². The summed E-state index contributed by atoms with van der Waals surface area (Å²) in [5, 5.41) is 14.1. The Morgan fingerprint density at radius 3 is 2.67 bits per heavy atom. The van der Waals surface area contributed by atoms with Gasteiger partial charge < -0.3 is 15.3 Å². The zero-order valence-electron chi connectivity index (χ0n) is 12.3. The average molecular weight is 328 g/mol. The number of hydrogen-bond acceptors (Lipinski definition) is 7. The molecule has 0 spiro atoms. The number of nitro benzene ring substituents is 1. The molecule has 10 nitrogen and oxygen atoms in total. The van der Waals surface area contributed by atoms with Crippen LogP contribution < -0.4 is 16.4 Å². The SMILES string of the molecule is O=c1[nH]c2cc([N+](=O)[O-])cc(CCNc3cnccn3)c2[nH]c1=O. The zero-order chi connectivity index (χ0) is 17.1. The van der Waals surface area contributed by atoms with Gasteiger partial charge >= 0.3 is 11.1 Å². The number of nitro groups is 1.